The second-order valence-electron chi connectivity index (χ2n) is 14.6. The highest BCUT2D eigenvalue weighted by molar-refractivity contribution is 6.47. The minimum atomic E-state index is -3.35. The van der Waals surface area contributed by atoms with Crippen molar-refractivity contribution in [1.29, 1.82) is 0 Å². The summed E-state index contributed by atoms with van der Waals surface area (Å²) in [4.78, 5) is 34.7. The molecule has 3 atom stereocenters. The number of amidine groups is 1. The first-order valence-corrected chi connectivity index (χ1v) is 17.4. The van der Waals surface area contributed by atoms with Gasteiger partial charge in [0.1, 0.15) is 17.2 Å². The van der Waals surface area contributed by atoms with E-state index in [0.717, 1.165) is 18.4 Å². The number of nitrogens with two attached hydrogens (primary N) is 1. The van der Waals surface area contributed by atoms with Crippen molar-refractivity contribution in [2.24, 2.45) is 38.2 Å². The van der Waals surface area contributed by atoms with Crippen LogP contribution in [0.3, 0.4) is 0 Å². The summed E-state index contributed by atoms with van der Waals surface area (Å²) in [6.45, 7) is 21.5. The van der Waals surface area contributed by atoms with Crippen LogP contribution in [0.25, 0.3) is 0 Å². The lowest BCUT2D eigenvalue weighted by atomic mass is 9.84. The van der Waals surface area contributed by atoms with Gasteiger partial charge in [-0.1, -0.05) is 78.8 Å². The van der Waals surface area contributed by atoms with Crippen molar-refractivity contribution in [3.05, 3.63) is 82.4 Å². The third kappa shape index (κ3) is 9.99. The predicted octanol–water partition coefficient (Wildman–Crippen LogP) is 8.20. The summed E-state index contributed by atoms with van der Waals surface area (Å²) in [5, 5.41) is 9.93. The van der Waals surface area contributed by atoms with Gasteiger partial charge in [-0.25, -0.2) is 0 Å². The molecule has 4 N–H and O–H groups in total. The number of nitrogens with one attached hydrogen (secondary N) is 2. The number of benzene rings is 2. The molecular weight excluding hydrogens is 660 g/mol. The minimum Gasteiger partial charge on any atom is -0.384 e. The molecule has 0 spiro atoms. The lowest BCUT2D eigenvalue weighted by Crippen LogP contribution is -2.49. The van der Waals surface area contributed by atoms with Gasteiger partial charge >= 0.3 is 0 Å². The normalized spacial score (nSPS) is 18.1. The Hall–Kier alpha value is -4.12. The molecule has 0 fully saturated rings. The second kappa shape index (κ2) is 16.7. The molecule has 50 heavy (non-hydrogen) atoms. The number of amides is 2. The molecule has 1 aliphatic rings. The molecule has 0 radical (unpaired) electrons. The van der Waals surface area contributed by atoms with E-state index in [9.17, 15) is 18.4 Å². The van der Waals surface area contributed by atoms with E-state index in [2.05, 4.69) is 75.9 Å². The Morgan fingerprint density at radius 2 is 1.80 bits per heavy atom. The number of aliphatic imine (C=N–C) groups is 1. The summed E-state index contributed by atoms with van der Waals surface area (Å²) in [7, 11) is 0. The van der Waals surface area contributed by atoms with Crippen molar-refractivity contribution < 1.29 is 18.4 Å². The molecule has 9 nitrogen and oxygen atoms in total. The number of nitrogens with zero attached hydrogens (tertiary/aromatic N) is 4. The molecule has 0 aliphatic carbocycles. The van der Waals surface area contributed by atoms with E-state index in [0.29, 0.717) is 42.7 Å². The largest absolute Gasteiger partial charge is 0.384 e. The summed E-state index contributed by atoms with van der Waals surface area (Å²) in [6, 6.07) is 10.7. The number of carbonyl (C=O) groups is 2. The van der Waals surface area contributed by atoms with E-state index in [-0.39, 0.29) is 51.5 Å². The number of alkyl halides is 2. The summed E-state index contributed by atoms with van der Waals surface area (Å²) < 4.78 is 29.7. The lowest BCUT2D eigenvalue weighted by Gasteiger charge is -2.43. The zero-order valence-electron chi connectivity index (χ0n) is 30.3. The van der Waals surface area contributed by atoms with Crippen LogP contribution in [0.5, 0.6) is 0 Å². The molecule has 0 aromatic heterocycles. The predicted molar refractivity (Wildman–Crippen MR) is 200 cm³/mol. The Morgan fingerprint density at radius 1 is 1.14 bits per heavy atom. The molecule has 2 aromatic carbocycles. The fourth-order valence-corrected chi connectivity index (χ4v) is 6.18. The van der Waals surface area contributed by atoms with Crippen LogP contribution in [0.1, 0.15) is 114 Å². The Labute approximate surface area is 300 Å². The standard InChI is InChI=1S/C38H52ClF2N7O2/c1-10-37(19-16-25(5)24(3)4)45-33(28-20-29(22-30(39)21-28)38(40,41)11-2)35(50)48(37)31(17-18-36(6,7)8)26-12-14-27(15-13-26)34(49)44-23-32(42)46-47-43-9/h11-15,20-22,24-25,31,47H,2,9-10,16-19,23H2,1,3-8H3,(H2,42,46)(H,44,49)/t25?,31-,37?/m1/s1. The van der Waals surface area contributed by atoms with Crippen molar-refractivity contribution in [2.45, 2.75) is 98.2 Å². The molecule has 12 heteroatoms. The van der Waals surface area contributed by atoms with Gasteiger partial charge in [-0.3, -0.25) is 14.6 Å². The van der Waals surface area contributed by atoms with Gasteiger partial charge in [0.15, 0.2) is 0 Å². The first-order valence-electron chi connectivity index (χ1n) is 17.0. The molecule has 3 rings (SSSR count). The lowest BCUT2D eigenvalue weighted by molar-refractivity contribution is -0.132. The van der Waals surface area contributed by atoms with E-state index in [1.807, 2.05) is 24.0 Å². The first-order chi connectivity index (χ1) is 23.4. The van der Waals surface area contributed by atoms with E-state index < -0.39 is 17.6 Å². The summed E-state index contributed by atoms with van der Waals surface area (Å²) in [6.07, 6.45) is 3.84. The maximum Gasteiger partial charge on any atom is 0.291 e. The highest BCUT2D eigenvalue weighted by Gasteiger charge is 2.50. The smallest absolute Gasteiger partial charge is 0.291 e. The van der Waals surface area contributed by atoms with E-state index in [1.165, 1.54) is 18.2 Å². The van der Waals surface area contributed by atoms with Crippen LogP contribution < -0.4 is 16.6 Å². The Kier molecular flexibility index (Phi) is 13.5. The number of halogens is 3. The third-order valence-corrected chi connectivity index (χ3v) is 9.66. The average Bonchev–Trinajstić information content (AvgIpc) is 3.36. The molecule has 272 valence electrons. The number of hydrogen-bond acceptors (Lipinski definition) is 6. The SMILES string of the molecule is C=CC(F)(F)c1cc(Cl)cc(C2=NC(CC)(CCC(C)C(C)C)N([C@H](CCC(C)(C)C)c3ccc(C(=O)NC/C(N)=N/NN=C)cc3)C2=O)c1. The van der Waals surface area contributed by atoms with Crippen LogP contribution in [-0.4, -0.2) is 47.2 Å². The fourth-order valence-electron chi connectivity index (χ4n) is 5.95. The number of allylic oxidation sites excluding steroid dienone is 1. The molecule has 2 aromatic rings. The molecule has 1 heterocycles. The molecule has 0 bridgehead atoms. The first kappa shape index (κ1) is 40.3. The van der Waals surface area contributed by atoms with Crippen LogP contribution >= 0.6 is 11.6 Å². The quantitative estimate of drug-likeness (QED) is 0.0662. The molecule has 1 aliphatic heterocycles. The average molecular weight is 712 g/mol. The summed E-state index contributed by atoms with van der Waals surface area (Å²) >= 11 is 6.38. The number of rotatable bonds is 17. The van der Waals surface area contributed by atoms with Gasteiger partial charge in [0, 0.05) is 28.4 Å². The van der Waals surface area contributed by atoms with Gasteiger partial charge in [-0.2, -0.15) is 19.4 Å². The van der Waals surface area contributed by atoms with E-state index in [1.54, 1.807) is 12.1 Å². The van der Waals surface area contributed by atoms with Gasteiger partial charge in [0.2, 0.25) is 0 Å². The van der Waals surface area contributed by atoms with Crippen LogP contribution in [0.2, 0.25) is 5.02 Å². The highest BCUT2D eigenvalue weighted by Crippen LogP contribution is 2.45. The highest BCUT2D eigenvalue weighted by atomic mass is 35.5. The zero-order valence-corrected chi connectivity index (χ0v) is 31.1. The van der Waals surface area contributed by atoms with Gasteiger partial charge in [0.05, 0.1) is 12.6 Å². The Bertz CT molecular complexity index is 1600. The van der Waals surface area contributed by atoms with Crippen molar-refractivity contribution in [3.8, 4) is 0 Å². The van der Waals surface area contributed by atoms with Gasteiger partial charge < -0.3 is 16.0 Å². The van der Waals surface area contributed by atoms with E-state index in [4.69, 9.17) is 22.3 Å². The Morgan fingerprint density at radius 3 is 2.36 bits per heavy atom. The van der Waals surface area contributed by atoms with Crippen molar-refractivity contribution in [1.82, 2.24) is 15.8 Å². The van der Waals surface area contributed by atoms with Gasteiger partial charge in [-0.05, 0) is 91.3 Å². The Balaban J connectivity index is 2.14. The zero-order chi connectivity index (χ0) is 37.4. The fraction of sp³-hybridized carbons (Fsp3) is 0.500. The number of hydrogen-bond donors (Lipinski definition) is 3. The molecule has 0 saturated heterocycles. The van der Waals surface area contributed by atoms with Crippen LogP contribution in [0, 0.1) is 17.3 Å². The van der Waals surface area contributed by atoms with Crippen molar-refractivity contribution >= 4 is 41.7 Å². The van der Waals surface area contributed by atoms with Crippen molar-refractivity contribution in [3.63, 3.8) is 0 Å². The molecule has 0 saturated carbocycles. The number of hydrazone groups is 2. The third-order valence-electron chi connectivity index (χ3n) is 9.44. The monoisotopic (exact) mass is 711 g/mol. The number of carbonyl (C=O) groups excluding carboxylic acids is 2. The molecular formula is C38H52ClF2N7O2. The topological polar surface area (TPSA) is 125 Å². The van der Waals surface area contributed by atoms with Crippen LogP contribution in [0.15, 0.2) is 70.3 Å². The summed E-state index contributed by atoms with van der Waals surface area (Å²) in [5.41, 5.74) is 8.28. The maximum atomic E-state index is 14.8. The van der Waals surface area contributed by atoms with Crippen LogP contribution in [-0.2, 0) is 10.7 Å². The molecule has 2 unspecified atom stereocenters. The summed E-state index contributed by atoms with van der Waals surface area (Å²) in [5.74, 6) is -3.16. The maximum absolute atomic E-state index is 14.8. The minimum absolute atomic E-state index is 0.00250. The van der Waals surface area contributed by atoms with Gasteiger partial charge in [0.25, 0.3) is 17.7 Å². The molecule has 2 amide bonds. The van der Waals surface area contributed by atoms with Gasteiger partial charge in [-0.15, -0.1) is 5.10 Å². The second-order valence-corrected chi connectivity index (χ2v) is 15.0. The van der Waals surface area contributed by atoms with Crippen molar-refractivity contribution in [2.75, 3.05) is 6.54 Å². The van der Waals surface area contributed by atoms with E-state index >= 15 is 0 Å². The van der Waals surface area contributed by atoms with Crippen LogP contribution in [0.4, 0.5) is 8.78 Å².